The molecule has 1 aromatic rings. The molecule has 0 radical (unpaired) electrons. The van der Waals surface area contributed by atoms with Gasteiger partial charge in [-0.2, -0.15) is 9.37 Å². The predicted octanol–water partition coefficient (Wildman–Crippen LogP) is 2.71. The summed E-state index contributed by atoms with van der Waals surface area (Å²) in [5.41, 5.74) is 0. The third-order valence-electron chi connectivity index (χ3n) is 2.58. The molecule has 1 fully saturated rings. The lowest BCUT2D eigenvalue weighted by Gasteiger charge is -2.13. The summed E-state index contributed by atoms with van der Waals surface area (Å²) in [7, 11) is 0. The van der Waals surface area contributed by atoms with Crippen molar-refractivity contribution in [2.75, 3.05) is 5.32 Å². The van der Waals surface area contributed by atoms with Gasteiger partial charge in [0.2, 0.25) is 0 Å². The molecule has 15 heavy (non-hydrogen) atoms. The number of halogens is 3. The molecule has 0 aliphatic heterocycles. The van der Waals surface area contributed by atoms with E-state index in [-0.39, 0.29) is 11.9 Å². The van der Waals surface area contributed by atoms with E-state index in [4.69, 9.17) is 0 Å². The summed E-state index contributed by atoms with van der Waals surface area (Å²) in [6, 6.07) is 0.543. The number of anilines is 1. The molecule has 82 valence electrons. The van der Waals surface area contributed by atoms with Crippen LogP contribution >= 0.6 is 0 Å². The Hall–Kier alpha value is -1.26. The Morgan fingerprint density at radius 1 is 1.33 bits per heavy atom. The van der Waals surface area contributed by atoms with E-state index in [9.17, 15) is 13.2 Å². The minimum absolute atomic E-state index is 0.0388. The molecule has 1 N–H and O–H groups in total. The summed E-state index contributed by atoms with van der Waals surface area (Å²) in [5, 5.41) is 2.75. The van der Waals surface area contributed by atoms with Crippen molar-refractivity contribution in [3.63, 3.8) is 0 Å². The molecule has 1 unspecified atom stereocenters. The first-order chi connectivity index (χ1) is 7.08. The van der Waals surface area contributed by atoms with Gasteiger partial charge < -0.3 is 5.32 Å². The van der Waals surface area contributed by atoms with E-state index in [0.717, 1.165) is 12.8 Å². The van der Waals surface area contributed by atoms with E-state index < -0.39 is 17.6 Å². The summed E-state index contributed by atoms with van der Waals surface area (Å²) < 4.78 is 38.4. The number of hydrogen-bond donors (Lipinski definition) is 1. The first-order valence-corrected chi connectivity index (χ1v) is 4.86. The Labute approximate surface area is 85.5 Å². The largest absolute Gasteiger partial charge is 0.365 e. The fraction of sp³-hybridized carbons (Fsp3) is 0.500. The van der Waals surface area contributed by atoms with Crippen LogP contribution in [0.15, 0.2) is 6.07 Å². The van der Waals surface area contributed by atoms with Crippen molar-refractivity contribution < 1.29 is 13.2 Å². The number of rotatable bonds is 3. The average Bonchev–Trinajstić information content (AvgIpc) is 2.97. The van der Waals surface area contributed by atoms with Crippen molar-refractivity contribution in [3.05, 3.63) is 23.6 Å². The fourth-order valence-electron chi connectivity index (χ4n) is 1.48. The van der Waals surface area contributed by atoms with Crippen LogP contribution in [0.3, 0.4) is 0 Å². The number of nitrogens with one attached hydrogen (secondary N) is 1. The van der Waals surface area contributed by atoms with Gasteiger partial charge in [0, 0.05) is 12.1 Å². The van der Waals surface area contributed by atoms with E-state index in [1.54, 1.807) is 0 Å². The Bertz CT molecular complexity index is 377. The maximum atomic E-state index is 13.1. The molecule has 2 rings (SSSR count). The van der Waals surface area contributed by atoms with Crippen LogP contribution in [0, 0.1) is 23.5 Å². The Kier molecular flexibility index (Phi) is 2.54. The molecule has 1 saturated carbocycles. The van der Waals surface area contributed by atoms with Crippen LogP contribution in [0.4, 0.5) is 19.0 Å². The molecule has 1 atom stereocenters. The van der Waals surface area contributed by atoms with E-state index in [1.165, 1.54) is 0 Å². The van der Waals surface area contributed by atoms with Crippen molar-refractivity contribution in [2.45, 2.75) is 25.8 Å². The van der Waals surface area contributed by atoms with Crippen LogP contribution in [0.25, 0.3) is 0 Å². The van der Waals surface area contributed by atoms with E-state index >= 15 is 0 Å². The van der Waals surface area contributed by atoms with E-state index in [0.29, 0.717) is 12.0 Å². The highest BCUT2D eigenvalue weighted by atomic mass is 19.2. The molecule has 0 bridgehead atoms. The molecule has 1 aliphatic rings. The number of pyridine rings is 1. The molecular weight excluding hydrogens is 205 g/mol. The molecule has 5 heteroatoms. The lowest BCUT2D eigenvalue weighted by atomic mass is 10.2. The highest BCUT2D eigenvalue weighted by Gasteiger charge is 2.28. The summed E-state index contributed by atoms with van der Waals surface area (Å²) in [6.07, 6.45) is 2.17. The molecule has 0 saturated heterocycles. The Balaban J connectivity index is 2.16. The van der Waals surface area contributed by atoms with Crippen LogP contribution in [-0.4, -0.2) is 11.0 Å². The van der Waals surface area contributed by atoms with E-state index in [1.807, 2.05) is 6.92 Å². The molecule has 1 heterocycles. The number of aromatic nitrogens is 1. The van der Waals surface area contributed by atoms with Gasteiger partial charge in [-0.25, -0.2) is 8.78 Å². The highest BCUT2D eigenvalue weighted by Crippen LogP contribution is 2.34. The van der Waals surface area contributed by atoms with Crippen LogP contribution < -0.4 is 5.32 Å². The van der Waals surface area contributed by atoms with Crippen molar-refractivity contribution in [2.24, 2.45) is 5.92 Å². The maximum absolute atomic E-state index is 13.1. The standard InChI is InChI=1S/C10H11F3N2/c1-5(6-2-3-6)14-10-8(12)4-7(11)9(13)15-10/h4-6H,2-3H2,1H3,(H,14,15). The highest BCUT2D eigenvalue weighted by molar-refractivity contribution is 5.37. The van der Waals surface area contributed by atoms with Crippen molar-refractivity contribution >= 4 is 5.82 Å². The third-order valence-corrected chi connectivity index (χ3v) is 2.58. The lowest BCUT2D eigenvalue weighted by Crippen LogP contribution is -2.19. The number of nitrogens with zero attached hydrogens (tertiary/aromatic N) is 1. The normalized spacial score (nSPS) is 17.6. The monoisotopic (exact) mass is 216 g/mol. The molecule has 0 spiro atoms. The quantitative estimate of drug-likeness (QED) is 0.786. The maximum Gasteiger partial charge on any atom is 0.251 e. The van der Waals surface area contributed by atoms with Crippen LogP contribution in [0.2, 0.25) is 0 Å². The first-order valence-electron chi connectivity index (χ1n) is 4.86. The second-order valence-corrected chi connectivity index (χ2v) is 3.86. The SMILES string of the molecule is CC(Nc1nc(F)c(F)cc1F)C1CC1. The predicted molar refractivity (Wildman–Crippen MR) is 49.9 cm³/mol. The summed E-state index contributed by atoms with van der Waals surface area (Å²) in [4.78, 5) is 3.19. The van der Waals surface area contributed by atoms with Gasteiger partial charge in [-0.05, 0) is 25.7 Å². The molecular formula is C10H11F3N2. The number of hydrogen-bond acceptors (Lipinski definition) is 2. The third kappa shape index (κ3) is 2.22. The van der Waals surface area contributed by atoms with Crippen LogP contribution in [-0.2, 0) is 0 Å². The zero-order valence-electron chi connectivity index (χ0n) is 8.23. The van der Waals surface area contributed by atoms with Gasteiger partial charge in [-0.1, -0.05) is 0 Å². The second-order valence-electron chi connectivity index (χ2n) is 3.86. The van der Waals surface area contributed by atoms with Crippen molar-refractivity contribution in [1.29, 1.82) is 0 Å². The second kappa shape index (κ2) is 3.72. The summed E-state index contributed by atoms with van der Waals surface area (Å²) in [5.74, 6) is -3.13. The van der Waals surface area contributed by atoms with E-state index in [2.05, 4.69) is 10.3 Å². The Morgan fingerprint density at radius 3 is 2.60 bits per heavy atom. The molecule has 0 amide bonds. The Morgan fingerprint density at radius 2 is 2.00 bits per heavy atom. The molecule has 1 aliphatic carbocycles. The minimum atomic E-state index is -1.28. The molecule has 1 aromatic heterocycles. The van der Waals surface area contributed by atoms with Gasteiger partial charge in [0.1, 0.15) is 0 Å². The summed E-state index contributed by atoms with van der Waals surface area (Å²) >= 11 is 0. The fourth-order valence-corrected chi connectivity index (χ4v) is 1.48. The topological polar surface area (TPSA) is 24.9 Å². The lowest BCUT2D eigenvalue weighted by molar-refractivity contribution is 0.465. The van der Waals surface area contributed by atoms with Gasteiger partial charge in [-0.15, -0.1) is 0 Å². The smallest absolute Gasteiger partial charge is 0.251 e. The zero-order valence-corrected chi connectivity index (χ0v) is 8.23. The van der Waals surface area contributed by atoms with Gasteiger partial charge in [0.15, 0.2) is 17.5 Å². The molecule has 0 aromatic carbocycles. The average molecular weight is 216 g/mol. The van der Waals surface area contributed by atoms with Gasteiger partial charge >= 0.3 is 0 Å². The minimum Gasteiger partial charge on any atom is -0.365 e. The van der Waals surface area contributed by atoms with Gasteiger partial charge in [-0.3, -0.25) is 0 Å². The molecule has 2 nitrogen and oxygen atoms in total. The van der Waals surface area contributed by atoms with Crippen molar-refractivity contribution in [3.8, 4) is 0 Å². The van der Waals surface area contributed by atoms with Crippen LogP contribution in [0.5, 0.6) is 0 Å². The van der Waals surface area contributed by atoms with Crippen molar-refractivity contribution in [1.82, 2.24) is 4.98 Å². The summed E-state index contributed by atoms with van der Waals surface area (Å²) in [6.45, 7) is 1.88. The van der Waals surface area contributed by atoms with Crippen LogP contribution in [0.1, 0.15) is 19.8 Å². The first kappa shape index (κ1) is 10.3. The van der Waals surface area contributed by atoms with Gasteiger partial charge in [0.25, 0.3) is 5.95 Å². The zero-order chi connectivity index (χ0) is 11.0. The van der Waals surface area contributed by atoms with Gasteiger partial charge in [0.05, 0.1) is 0 Å².